The van der Waals surface area contributed by atoms with E-state index in [0.717, 1.165) is 32.5 Å². The van der Waals surface area contributed by atoms with Gasteiger partial charge in [0.2, 0.25) is 0 Å². The first-order chi connectivity index (χ1) is 16.4. The van der Waals surface area contributed by atoms with Gasteiger partial charge in [0, 0.05) is 36.6 Å². The molecule has 4 aliphatic rings. The fourth-order valence-electron chi connectivity index (χ4n) is 7.95. The first-order valence-electron chi connectivity index (χ1n) is 13.3. The second kappa shape index (κ2) is 8.94. The van der Waals surface area contributed by atoms with Crippen molar-refractivity contribution in [3.05, 3.63) is 72.3 Å². The number of rotatable bonds is 7. The third kappa shape index (κ3) is 4.47. The van der Waals surface area contributed by atoms with Crippen LogP contribution in [0.1, 0.15) is 76.1 Å². The standard InChI is InChI=1S/C30H40N2P2/c1-29(2,3)33-28(30-15-21-12-22(16-30)14-23(13-21)17-30)27-7-5-4-6-24(27)20-34(25-8-10-31-18-25)26-9-11-32-19-26/h4-11,18-19,21-23,28,31-33H,12-17,20H2,1-3H3. The second-order valence-corrected chi connectivity index (χ2v) is 17.1. The minimum absolute atomic E-state index is 0.368. The summed E-state index contributed by atoms with van der Waals surface area (Å²) >= 11 is 0. The number of aromatic nitrogens is 2. The lowest BCUT2D eigenvalue weighted by molar-refractivity contribution is -0.0548. The summed E-state index contributed by atoms with van der Waals surface area (Å²) in [6.07, 6.45) is 18.8. The average Bonchev–Trinajstić information content (AvgIpc) is 3.49. The van der Waals surface area contributed by atoms with Gasteiger partial charge < -0.3 is 9.97 Å². The van der Waals surface area contributed by atoms with Crippen molar-refractivity contribution in [2.45, 2.75) is 76.3 Å². The molecular formula is C30H40N2P2. The van der Waals surface area contributed by atoms with Crippen molar-refractivity contribution in [2.24, 2.45) is 23.2 Å². The van der Waals surface area contributed by atoms with E-state index in [1.807, 2.05) is 0 Å². The van der Waals surface area contributed by atoms with E-state index in [1.54, 1.807) is 11.1 Å². The Morgan fingerprint density at radius 3 is 1.94 bits per heavy atom. The Morgan fingerprint density at radius 2 is 1.44 bits per heavy atom. The van der Waals surface area contributed by atoms with Crippen molar-refractivity contribution in [3.63, 3.8) is 0 Å². The van der Waals surface area contributed by atoms with Crippen LogP contribution < -0.4 is 10.6 Å². The molecule has 2 N–H and O–H groups in total. The number of aromatic amines is 2. The van der Waals surface area contributed by atoms with Gasteiger partial charge in [0.1, 0.15) is 0 Å². The zero-order chi connectivity index (χ0) is 23.3. The Labute approximate surface area is 208 Å². The fourth-order valence-corrected chi connectivity index (χ4v) is 12.2. The minimum Gasteiger partial charge on any atom is -0.367 e. The highest BCUT2D eigenvalue weighted by atomic mass is 31.1. The molecular weight excluding hydrogens is 450 g/mol. The van der Waals surface area contributed by atoms with Gasteiger partial charge in [0.25, 0.3) is 0 Å². The lowest BCUT2D eigenvalue weighted by atomic mass is 9.48. The van der Waals surface area contributed by atoms with Crippen LogP contribution in [0.25, 0.3) is 0 Å². The van der Waals surface area contributed by atoms with Crippen LogP contribution in [0.15, 0.2) is 61.2 Å². The molecule has 2 nitrogen and oxygen atoms in total. The minimum atomic E-state index is -0.420. The first-order valence-corrected chi connectivity index (χ1v) is 15.9. The van der Waals surface area contributed by atoms with Crippen molar-refractivity contribution >= 4 is 27.1 Å². The molecule has 0 aliphatic heterocycles. The second-order valence-electron chi connectivity index (χ2n) is 12.5. The lowest BCUT2D eigenvalue weighted by Crippen LogP contribution is -2.48. The van der Waals surface area contributed by atoms with Crippen molar-refractivity contribution < 1.29 is 0 Å². The zero-order valence-electron chi connectivity index (χ0n) is 21.0. The number of hydrogen-bond donors (Lipinski definition) is 2. The first kappa shape index (κ1) is 23.1. The summed E-state index contributed by atoms with van der Waals surface area (Å²) in [5.74, 6) is 3.01. The molecule has 2 unspecified atom stereocenters. The maximum Gasteiger partial charge on any atom is 0.00860 e. The SMILES string of the molecule is CC(C)(C)PC(c1ccccc1CP(c1cc[nH]c1)c1cc[nH]c1)C12CC3CC(CC(C3)C1)C2. The summed E-state index contributed by atoms with van der Waals surface area (Å²) in [4.78, 5) is 6.65. The highest BCUT2D eigenvalue weighted by Crippen LogP contribution is 2.69. The monoisotopic (exact) mass is 490 g/mol. The average molecular weight is 491 g/mol. The van der Waals surface area contributed by atoms with Crippen LogP contribution in [0, 0.1) is 23.2 Å². The summed E-state index contributed by atoms with van der Waals surface area (Å²) in [6.45, 7) is 7.44. The molecule has 2 atom stereocenters. The molecule has 7 rings (SSSR count). The van der Waals surface area contributed by atoms with E-state index in [9.17, 15) is 0 Å². The summed E-state index contributed by atoms with van der Waals surface area (Å²) in [7, 11) is 0.566. The van der Waals surface area contributed by atoms with Crippen molar-refractivity contribution in [1.82, 2.24) is 9.97 Å². The van der Waals surface area contributed by atoms with E-state index in [1.165, 1.54) is 49.1 Å². The van der Waals surface area contributed by atoms with Crippen molar-refractivity contribution in [2.75, 3.05) is 0 Å². The largest absolute Gasteiger partial charge is 0.367 e. The van der Waals surface area contributed by atoms with Gasteiger partial charge in [0.15, 0.2) is 0 Å². The van der Waals surface area contributed by atoms with E-state index in [-0.39, 0.29) is 0 Å². The van der Waals surface area contributed by atoms with Gasteiger partial charge in [-0.25, -0.2) is 0 Å². The van der Waals surface area contributed by atoms with Gasteiger partial charge in [-0.05, 0) is 109 Å². The number of benzene rings is 1. The Hall–Kier alpha value is -1.36. The number of nitrogens with one attached hydrogen (secondary N) is 2. The highest BCUT2D eigenvalue weighted by Gasteiger charge is 2.55. The maximum absolute atomic E-state index is 3.32. The van der Waals surface area contributed by atoms with E-state index in [0.29, 0.717) is 16.2 Å². The van der Waals surface area contributed by atoms with E-state index >= 15 is 0 Å². The Morgan fingerprint density at radius 1 is 0.882 bits per heavy atom. The summed E-state index contributed by atoms with van der Waals surface area (Å²) in [6, 6.07) is 14.2. The van der Waals surface area contributed by atoms with Crippen LogP contribution >= 0.6 is 16.5 Å². The van der Waals surface area contributed by atoms with Gasteiger partial charge in [-0.3, -0.25) is 0 Å². The van der Waals surface area contributed by atoms with E-state index in [2.05, 4.69) is 91.9 Å². The van der Waals surface area contributed by atoms with Crippen LogP contribution in [0.3, 0.4) is 0 Å². The molecule has 3 aromatic rings. The van der Waals surface area contributed by atoms with Crippen LogP contribution in [-0.2, 0) is 6.16 Å². The molecule has 180 valence electrons. The Kier molecular flexibility index (Phi) is 6.06. The molecule has 0 spiro atoms. The molecule has 0 saturated heterocycles. The van der Waals surface area contributed by atoms with Crippen LogP contribution in [0.4, 0.5) is 0 Å². The van der Waals surface area contributed by atoms with Gasteiger partial charge in [-0.15, -0.1) is 8.58 Å². The Bertz CT molecular complexity index is 1020. The fraction of sp³-hybridized carbons (Fsp3) is 0.533. The highest BCUT2D eigenvalue weighted by molar-refractivity contribution is 7.72. The van der Waals surface area contributed by atoms with Crippen molar-refractivity contribution in [1.29, 1.82) is 0 Å². The van der Waals surface area contributed by atoms with Crippen LogP contribution in [0.2, 0.25) is 0 Å². The molecule has 4 fully saturated rings. The van der Waals surface area contributed by atoms with Gasteiger partial charge in [0.05, 0.1) is 0 Å². The molecule has 2 heterocycles. The molecule has 0 radical (unpaired) electrons. The van der Waals surface area contributed by atoms with E-state index in [4.69, 9.17) is 0 Å². The molecule has 34 heavy (non-hydrogen) atoms. The topological polar surface area (TPSA) is 31.6 Å². The lowest BCUT2D eigenvalue weighted by Gasteiger charge is -2.60. The maximum atomic E-state index is 3.32. The molecule has 2 aromatic heterocycles. The van der Waals surface area contributed by atoms with Crippen LogP contribution in [-0.4, -0.2) is 15.1 Å². The molecule has 4 bridgehead atoms. The molecule has 1 aromatic carbocycles. The molecule has 4 saturated carbocycles. The predicted octanol–water partition coefficient (Wildman–Crippen LogP) is 7.71. The van der Waals surface area contributed by atoms with Crippen molar-refractivity contribution in [3.8, 4) is 0 Å². The zero-order valence-corrected chi connectivity index (χ0v) is 22.9. The molecule has 4 heteroatoms. The normalized spacial score (nSPS) is 29.5. The Balaban J connectivity index is 1.40. The van der Waals surface area contributed by atoms with Gasteiger partial charge >= 0.3 is 0 Å². The quantitative estimate of drug-likeness (QED) is 0.318. The summed E-state index contributed by atoms with van der Waals surface area (Å²) < 4.78 is 0. The predicted molar refractivity (Wildman–Crippen MR) is 149 cm³/mol. The summed E-state index contributed by atoms with van der Waals surface area (Å²) in [5.41, 5.74) is 4.55. The molecule has 0 amide bonds. The smallest absolute Gasteiger partial charge is 0.00860 e. The van der Waals surface area contributed by atoms with Gasteiger partial charge in [-0.1, -0.05) is 45.0 Å². The summed E-state index contributed by atoms with van der Waals surface area (Å²) in [5, 5.41) is 3.27. The van der Waals surface area contributed by atoms with Crippen LogP contribution in [0.5, 0.6) is 0 Å². The third-order valence-corrected chi connectivity index (χ3v) is 13.3. The molecule has 4 aliphatic carbocycles. The number of H-pyrrole nitrogens is 2. The third-order valence-electron chi connectivity index (χ3n) is 8.76. The van der Waals surface area contributed by atoms with Gasteiger partial charge in [-0.2, -0.15) is 0 Å². The van der Waals surface area contributed by atoms with E-state index < -0.39 is 7.92 Å². The number of hydrogen-bond acceptors (Lipinski definition) is 0.